The number of hydrogen-bond donors (Lipinski definition) is 0. The summed E-state index contributed by atoms with van der Waals surface area (Å²) in [5.41, 5.74) is 2.97. The highest BCUT2D eigenvalue weighted by Gasteiger charge is 2.16. The zero-order valence-corrected chi connectivity index (χ0v) is 25.4. The Morgan fingerprint density at radius 3 is 2.53 bits per heavy atom. The number of methoxy groups -OCH3 is 1. The van der Waals surface area contributed by atoms with E-state index in [9.17, 15) is 4.79 Å². The Morgan fingerprint density at radius 2 is 1.76 bits per heavy atom. The number of ether oxygens (including phenoxy) is 4. The molecule has 3 aromatic carbocycles. The molecule has 0 N–H and O–H groups in total. The van der Waals surface area contributed by atoms with Crippen LogP contribution in [-0.2, 0) is 11.2 Å². The lowest BCUT2D eigenvalue weighted by Gasteiger charge is -2.26. The van der Waals surface area contributed by atoms with E-state index in [1.807, 2.05) is 30.3 Å². The summed E-state index contributed by atoms with van der Waals surface area (Å²) in [6, 6.07) is 19.5. The Bertz CT molecular complexity index is 1840. The maximum absolute atomic E-state index is 15.4. The van der Waals surface area contributed by atoms with E-state index in [0.717, 1.165) is 44.8 Å². The highest BCUT2D eigenvalue weighted by Crippen LogP contribution is 2.37. The van der Waals surface area contributed by atoms with Crippen LogP contribution in [0.4, 0.5) is 4.39 Å². The van der Waals surface area contributed by atoms with Gasteiger partial charge < -0.3 is 18.9 Å². The van der Waals surface area contributed by atoms with Crippen LogP contribution in [0.1, 0.15) is 23.2 Å². The third-order valence-electron chi connectivity index (χ3n) is 7.90. The molecule has 1 fully saturated rings. The van der Waals surface area contributed by atoms with Crippen LogP contribution >= 0.6 is 0 Å². The summed E-state index contributed by atoms with van der Waals surface area (Å²) in [5, 5.41) is 0.642. The van der Waals surface area contributed by atoms with Crippen molar-refractivity contribution in [2.24, 2.45) is 0 Å². The van der Waals surface area contributed by atoms with Crippen molar-refractivity contribution >= 4 is 10.9 Å². The molecule has 0 aliphatic carbocycles. The van der Waals surface area contributed by atoms with Crippen molar-refractivity contribution in [2.75, 3.05) is 46.6 Å². The summed E-state index contributed by atoms with van der Waals surface area (Å²) in [6.07, 6.45) is 4.45. The largest absolute Gasteiger partial charge is 0.493 e. The van der Waals surface area contributed by atoms with Crippen molar-refractivity contribution in [1.29, 1.82) is 0 Å². The molecule has 9 nitrogen and oxygen atoms in total. The van der Waals surface area contributed by atoms with Gasteiger partial charge in [0.2, 0.25) is 0 Å². The smallest absolute Gasteiger partial charge is 0.261 e. The van der Waals surface area contributed by atoms with Gasteiger partial charge in [-0.25, -0.2) is 9.37 Å². The molecule has 0 atom stereocenters. The molecule has 232 valence electrons. The predicted molar refractivity (Wildman–Crippen MR) is 170 cm³/mol. The van der Waals surface area contributed by atoms with Crippen LogP contribution in [0.2, 0.25) is 0 Å². The summed E-state index contributed by atoms with van der Waals surface area (Å²) in [7, 11) is 1.57. The van der Waals surface area contributed by atoms with Crippen LogP contribution in [0.5, 0.6) is 23.0 Å². The monoisotopic (exact) mass is 610 g/mol. The fourth-order valence-electron chi connectivity index (χ4n) is 5.36. The summed E-state index contributed by atoms with van der Waals surface area (Å²) >= 11 is 0. The molecule has 5 aromatic rings. The van der Waals surface area contributed by atoms with Gasteiger partial charge in [0, 0.05) is 55.3 Å². The Balaban J connectivity index is 1.18. The first kappa shape index (κ1) is 30.2. The molecule has 1 aliphatic heterocycles. The maximum Gasteiger partial charge on any atom is 0.261 e. The molecule has 0 radical (unpaired) electrons. The SMILES string of the molecule is COc1cc2c(Oc3ccc(-n4cnc(Cc5ccccc5)c(C)c4=O)cc3F)ccnc2cc1OCCCN1CCOCC1. The Labute approximate surface area is 260 Å². The first-order valence-electron chi connectivity index (χ1n) is 15.0. The third-order valence-corrected chi connectivity index (χ3v) is 7.90. The number of fused-ring (bicyclic) bond motifs is 1. The highest BCUT2D eigenvalue weighted by molar-refractivity contribution is 5.88. The predicted octanol–water partition coefficient (Wildman–Crippen LogP) is 5.72. The fraction of sp³-hybridized carbons (Fsp3) is 0.286. The molecule has 10 heteroatoms. The zero-order valence-electron chi connectivity index (χ0n) is 25.4. The zero-order chi connectivity index (χ0) is 31.2. The van der Waals surface area contributed by atoms with Crippen LogP contribution in [0.25, 0.3) is 16.6 Å². The molecular formula is C35H35FN4O5. The number of halogens is 1. The van der Waals surface area contributed by atoms with Gasteiger partial charge >= 0.3 is 0 Å². The molecule has 0 saturated carbocycles. The van der Waals surface area contributed by atoms with Gasteiger partial charge in [0.05, 0.1) is 43.8 Å². The Kier molecular flexibility index (Phi) is 9.33. The van der Waals surface area contributed by atoms with Gasteiger partial charge in [-0.05, 0) is 43.2 Å². The molecule has 1 saturated heterocycles. The van der Waals surface area contributed by atoms with E-state index in [0.29, 0.717) is 58.1 Å². The minimum absolute atomic E-state index is 0.00656. The molecular weight excluding hydrogens is 575 g/mol. The molecule has 2 aromatic heterocycles. The Morgan fingerprint density at radius 1 is 0.933 bits per heavy atom. The minimum atomic E-state index is -0.623. The fourth-order valence-corrected chi connectivity index (χ4v) is 5.36. The van der Waals surface area contributed by atoms with E-state index < -0.39 is 5.82 Å². The first-order chi connectivity index (χ1) is 22.0. The highest BCUT2D eigenvalue weighted by atomic mass is 19.1. The van der Waals surface area contributed by atoms with E-state index in [2.05, 4.69) is 14.9 Å². The van der Waals surface area contributed by atoms with Gasteiger partial charge in [-0.3, -0.25) is 19.2 Å². The molecule has 6 rings (SSSR count). The second-order valence-electron chi connectivity index (χ2n) is 10.9. The van der Waals surface area contributed by atoms with Crippen LogP contribution in [0.3, 0.4) is 0 Å². The van der Waals surface area contributed by atoms with Crippen molar-refractivity contribution < 1.29 is 23.3 Å². The van der Waals surface area contributed by atoms with Gasteiger partial charge in [-0.15, -0.1) is 0 Å². The van der Waals surface area contributed by atoms with Crippen LogP contribution in [-0.4, -0.2) is 66.0 Å². The number of pyridine rings is 1. The van der Waals surface area contributed by atoms with Crippen molar-refractivity contribution in [3.8, 4) is 28.7 Å². The third kappa shape index (κ3) is 6.97. The molecule has 0 spiro atoms. The lowest BCUT2D eigenvalue weighted by atomic mass is 10.1. The van der Waals surface area contributed by atoms with Gasteiger partial charge in [0.1, 0.15) is 12.1 Å². The molecule has 0 unspecified atom stereocenters. The van der Waals surface area contributed by atoms with E-state index in [1.54, 1.807) is 44.5 Å². The van der Waals surface area contributed by atoms with Gasteiger partial charge in [0.15, 0.2) is 23.1 Å². The van der Waals surface area contributed by atoms with Crippen LogP contribution < -0.4 is 19.8 Å². The van der Waals surface area contributed by atoms with Gasteiger partial charge in [-0.2, -0.15) is 0 Å². The normalized spacial score (nSPS) is 13.6. The number of nitrogens with zero attached hydrogens (tertiary/aromatic N) is 4. The number of aromatic nitrogens is 3. The molecule has 45 heavy (non-hydrogen) atoms. The number of benzene rings is 3. The quantitative estimate of drug-likeness (QED) is 0.176. The average Bonchev–Trinajstić information content (AvgIpc) is 3.07. The molecule has 1 aliphatic rings. The summed E-state index contributed by atoms with van der Waals surface area (Å²) < 4.78 is 39.8. The average molecular weight is 611 g/mol. The van der Waals surface area contributed by atoms with E-state index in [4.69, 9.17) is 18.9 Å². The summed E-state index contributed by atoms with van der Waals surface area (Å²) in [6.45, 7) is 6.61. The second kappa shape index (κ2) is 13.9. The summed E-state index contributed by atoms with van der Waals surface area (Å²) in [5.74, 6) is 0.898. The maximum atomic E-state index is 15.4. The molecule has 0 bridgehead atoms. The van der Waals surface area contributed by atoms with Crippen LogP contribution in [0.15, 0.2) is 84.0 Å². The topological polar surface area (TPSA) is 87.9 Å². The standard InChI is InChI=1S/C35H35FN4O5/c1-24-29(19-25-7-4-3-5-8-25)38-23-40(35(24)41)26-9-10-32(28(36)20-26)45-31-11-12-37-30-22-34(33(42-2)21-27(30)31)44-16-6-13-39-14-17-43-18-15-39/h3-5,7-12,20-23H,6,13-19H2,1-2H3. The van der Waals surface area contributed by atoms with E-state index in [1.165, 1.54) is 23.0 Å². The second-order valence-corrected chi connectivity index (χ2v) is 10.9. The number of hydrogen-bond acceptors (Lipinski definition) is 8. The number of rotatable bonds is 11. The molecule has 3 heterocycles. The Hall–Kier alpha value is -4.80. The van der Waals surface area contributed by atoms with E-state index >= 15 is 4.39 Å². The lowest BCUT2D eigenvalue weighted by Crippen LogP contribution is -2.37. The number of morpholine rings is 1. The van der Waals surface area contributed by atoms with Crippen molar-refractivity contribution in [3.05, 3.63) is 112 Å². The van der Waals surface area contributed by atoms with Gasteiger partial charge in [0.25, 0.3) is 5.56 Å². The van der Waals surface area contributed by atoms with Crippen molar-refractivity contribution in [2.45, 2.75) is 19.8 Å². The van der Waals surface area contributed by atoms with Crippen LogP contribution in [0, 0.1) is 12.7 Å². The van der Waals surface area contributed by atoms with Gasteiger partial charge in [-0.1, -0.05) is 30.3 Å². The van der Waals surface area contributed by atoms with Crippen molar-refractivity contribution in [1.82, 2.24) is 19.4 Å². The van der Waals surface area contributed by atoms with E-state index in [-0.39, 0.29) is 11.3 Å². The first-order valence-corrected chi connectivity index (χ1v) is 15.0. The van der Waals surface area contributed by atoms with Crippen molar-refractivity contribution in [3.63, 3.8) is 0 Å². The lowest BCUT2D eigenvalue weighted by molar-refractivity contribution is 0.0357. The minimum Gasteiger partial charge on any atom is -0.493 e. The summed E-state index contributed by atoms with van der Waals surface area (Å²) in [4.78, 5) is 24.5. The molecule has 0 amide bonds.